The van der Waals surface area contributed by atoms with Crippen molar-refractivity contribution in [3.05, 3.63) is 52.5 Å². The molecule has 1 aliphatic rings. The Balaban J connectivity index is 1.59. The van der Waals surface area contributed by atoms with Gasteiger partial charge < -0.3 is 20.1 Å². The standard InChI is InChI=1S/C25H31ClN2O4/c1-15(2)32-24(29)18-8-6-17(7-9-18)19-10-11-21(20(26)14-19)27-25(30)28-22-13-16(3)5-12-23(22)31-4/h5,10-15,17-18H,6-9H2,1-4H3,(H2,27,28,30)/t17-,18+. The van der Waals surface area contributed by atoms with E-state index in [0.717, 1.165) is 36.8 Å². The molecule has 1 saturated carbocycles. The second-order valence-corrected chi connectivity index (χ2v) is 8.96. The Kier molecular flexibility index (Phi) is 8.02. The van der Waals surface area contributed by atoms with Crippen LogP contribution >= 0.6 is 11.6 Å². The van der Waals surface area contributed by atoms with Gasteiger partial charge in [0.1, 0.15) is 5.75 Å². The van der Waals surface area contributed by atoms with Gasteiger partial charge in [-0.1, -0.05) is 23.7 Å². The molecule has 1 fully saturated rings. The molecule has 0 aromatic heterocycles. The fraction of sp³-hybridized carbons (Fsp3) is 0.440. The number of halogens is 1. The van der Waals surface area contributed by atoms with Crippen LogP contribution in [0.1, 0.15) is 56.6 Å². The monoisotopic (exact) mass is 458 g/mol. The quantitative estimate of drug-likeness (QED) is 0.482. The first-order valence-corrected chi connectivity index (χ1v) is 11.4. The lowest BCUT2D eigenvalue weighted by Crippen LogP contribution is -2.25. The highest BCUT2D eigenvalue weighted by molar-refractivity contribution is 6.33. The Hall–Kier alpha value is -2.73. The SMILES string of the molecule is COc1ccc(C)cc1NC(=O)Nc1ccc([C@H]2CC[C@@H](C(=O)OC(C)C)CC2)cc1Cl. The molecule has 0 saturated heterocycles. The third-order valence-corrected chi connectivity index (χ3v) is 6.04. The summed E-state index contributed by atoms with van der Waals surface area (Å²) >= 11 is 6.47. The van der Waals surface area contributed by atoms with Crippen molar-refractivity contribution < 1.29 is 19.1 Å². The molecule has 0 unspecified atom stereocenters. The number of amides is 2. The molecule has 2 amide bonds. The summed E-state index contributed by atoms with van der Waals surface area (Å²) in [6.45, 7) is 5.69. The normalized spacial score (nSPS) is 18.2. The molecule has 0 aliphatic heterocycles. The Bertz CT molecular complexity index is 968. The van der Waals surface area contributed by atoms with Gasteiger partial charge in [0.05, 0.1) is 35.5 Å². The zero-order valence-electron chi connectivity index (χ0n) is 19.0. The van der Waals surface area contributed by atoms with Gasteiger partial charge >= 0.3 is 12.0 Å². The van der Waals surface area contributed by atoms with Gasteiger partial charge in [-0.15, -0.1) is 0 Å². The van der Waals surface area contributed by atoms with Gasteiger partial charge in [-0.05, 0) is 87.8 Å². The first-order chi connectivity index (χ1) is 15.3. The topological polar surface area (TPSA) is 76.7 Å². The van der Waals surface area contributed by atoms with E-state index in [-0.39, 0.29) is 18.0 Å². The molecule has 2 aromatic rings. The molecule has 2 aromatic carbocycles. The summed E-state index contributed by atoms with van der Waals surface area (Å²) in [7, 11) is 1.56. The average molecular weight is 459 g/mol. The van der Waals surface area contributed by atoms with E-state index in [1.54, 1.807) is 7.11 Å². The maximum Gasteiger partial charge on any atom is 0.323 e. The van der Waals surface area contributed by atoms with E-state index in [1.807, 2.05) is 57.2 Å². The van der Waals surface area contributed by atoms with Crippen molar-refractivity contribution >= 4 is 35.0 Å². The fourth-order valence-corrected chi connectivity index (χ4v) is 4.31. The lowest BCUT2D eigenvalue weighted by molar-refractivity contribution is -0.153. The van der Waals surface area contributed by atoms with E-state index >= 15 is 0 Å². The maximum absolute atomic E-state index is 12.5. The summed E-state index contributed by atoms with van der Waals surface area (Å²) in [6.07, 6.45) is 3.37. The number of aryl methyl sites for hydroxylation is 1. The van der Waals surface area contributed by atoms with Crippen molar-refractivity contribution in [3.63, 3.8) is 0 Å². The zero-order chi connectivity index (χ0) is 23.3. The van der Waals surface area contributed by atoms with Gasteiger partial charge in [-0.2, -0.15) is 0 Å². The fourth-order valence-electron chi connectivity index (χ4n) is 4.07. The molecular weight excluding hydrogens is 428 g/mol. The van der Waals surface area contributed by atoms with Crippen molar-refractivity contribution in [1.29, 1.82) is 0 Å². The molecule has 2 N–H and O–H groups in total. The number of esters is 1. The molecule has 0 heterocycles. The van der Waals surface area contributed by atoms with Gasteiger partial charge in [0.2, 0.25) is 0 Å². The first kappa shape index (κ1) is 23.9. The molecule has 3 rings (SSSR count). The molecule has 32 heavy (non-hydrogen) atoms. The highest BCUT2D eigenvalue weighted by Crippen LogP contribution is 2.38. The highest BCUT2D eigenvalue weighted by Gasteiger charge is 2.28. The Labute approximate surface area is 194 Å². The molecule has 7 heteroatoms. The van der Waals surface area contributed by atoms with Crippen LogP contribution in [0.15, 0.2) is 36.4 Å². The molecule has 0 spiro atoms. The van der Waals surface area contributed by atoms with Crippen molar-refractivity contribution in [2.75, 3.05) is 17.7 Å². The van der Waals surface area contributed by atoms with Crippen molar-refractivity contribution in [1.82, 2.24) is 0 Å². The van der Waals surface area contributed by atoms with E-state index in [2.05, 4.69) is 10.6 Å². The molecule has 0 radical (unpaired) electrons. The van der Waals surface area contributed by atoms with Crippen LogP contribution in [0, 0.1) is 12.8 Å². The third kappa shape index (κ3) is 6.16. The number of nitrogens with one attached hydrogen (secondary N) is 2. The van der Waals surface area contributed by atoms with Crippen LogP contribution < -0.4 is 15.4 Å². The molecule has 172 valence electrons. The minimum atomic E-state index is -0.396. The van der Waals surface area contributed by atoms with Crippen LogP contribution in [0.5, 0.6) is 5.75 Å². The maximum atomic E-state index is 12.5. The molecular formula is C25H31ClN2O4. The Morgan fingerprint density at radius 3 is 2.31 bits per heavy atom. The van der Waals surface area contributed by atoms with Crippen molar-refractivity contribution in [2.24, 2.45) is 5.92 Å². The van der Waals surface area contributed by atoms with Gasteiger partial charge in [0, 0.05) is 0 Å². The second kappa shape index (κ2) is 10.7. The van der Waals surface area contributed by atoms with Crippen LogP contribution in [-0.2, 0) is 9.53 Å². The Morgan fingerprint density at radius 2 is 1.69 bits per heavy atom. The lowest BCUT2D eigenvalue weighted by Gasteiger charge is -2.28. The minimum absolute atomic E-state index is 0.0210. The van der Waals surface area contributed by atoms with E-state index in [9.17, 15) is 9.59 Å². The Morgan fingerprint density at radius 1 is 1.00 bits per heavy atom. The molecule has 6 nitrogen and oxygen atoms in total. The van der Waals surface area contributed by atoms with Gasteiger partial charge in [-0.3, -0.25) is 4.79 Å². The third-order valence-electron chi connectivity index (χ3n) is 5.73. The van der Waals surface area contributed by atoms with Gasteiger partial charge in [0.25, 0.3) is 0 Å². The molecule has 0 bridgehead atoms. The van der Waals surface area contributed by atoms with Crippen molar-refractivity contribution in [3.8, 4) is 5.75 Å². The number of rotatable bonds is 6. The number of urea groups is 1. The van der Waals surface area contributed by atoms with Crippen molar-refractivity contribution in [2.45, 2.75) is 58.5 Å². The zero-order valence-corrected chi connectivity index (χ0v) is 19.8. The van der Waals surface area contributed by atoms with Crippen LogP contribution in [0.25, 0.3) is 0 Å². The molecule has 0 atom stereocenters. The lowest BCUT2D eigenvalue weighted by atomic mass is 9.78. The number of hydrogen-bond donors (Lipinski definition) is 2. The summed E-state index contributed by atoms with van der Waals surface area (Å²) in [5.74, 6) is 0.815. The number of benzene rings is 2. The minimum Gasteiger partial charge on any atom is -0.495 e. The average Bonchev–Trinajstić information content (AvgIpc) is 2.75. The number of methoxy groups -OCH3 is 1. The highest BCUT2D eigenvalue weighted by atomic mass is 35.5. The van der Waals surface area contributed by atoms with Gasteiger partial charge in [-0.25, -0.2) is 4.79 Å². The summed E-state index contributed by atoms with van der Waals surface area (Å²) in [5.41, 5.74) is 3.26. The first-order valence-electron chi connectivity index (χ1n) is 11.0. The number of anilines is 2. The summed E-state index contributed by atoms with van der Waals surface area (Å²) in [4.78, 5) is 24.6. The summed E-state index contributed by atoms with van der Waals surface area (Å²) in [5, 5.41) is 6.09. The number of carbonyl (C=O) groups is 2. The van der Waals surface area contributed by atoms with Crippen LogP contribution in [-0.4, -0.2) is 25.2 Å². The van der Waals surface area contributed by atoms with E-state index in [1.165, 1.54) is 0 Å². The van der Waals surface area contributed by atoms with Crippen LogP contribution in [0.3, 0.4) is 0 Å². The van der Waals surface area contributed by atoms with Crippen LogP contribution in [0.4, 0.5) is 16.2 Å². The largest absolute Gasteiger partial charge is 0.495 e. The van der Waals surface area contributed by atoms with Gasteiger partial charge in [0.15, 0.2) is 0 Å². The van der Waals surface area contributed by atoms with E-state index in [4.69, 9.17) is 21.1 Å². The predicted octanol–water partition coefficient (Wildman–Crippen LogP) is 6.53. The number of carbonyl (C=O) groups excluding carboxylic acids is 2. The molecule has 1 aliphatic carbocycles. The van der Waals surface area contributed by atoms with E-state index in [0.29, 0.717) is 28.1 Å². The van der Waals surface area contributed by atoms with Crippen LogP contribution in [0.2, 0.25) is 5.02 Å². The number of hydrogen-bond acceptors (Lipinski definition) is 4. The smallest absolute Gasteiger partial charge is 0.323 e. The van der Waals surface area contributed by atoms with E-state index < -0.39 is 6.03 Å². The summed E-state index contributed by atoms with van der Waals surface area (Å²) < 4.78 is 10.7. The summed E-state index contributed by atoms with van der Waals surface area (Å²) in [6, 6.07) is 10.9. The second-order valence-electron chi connectivity index (χ2n) is 8.56. The predicted molar refractivity (Wildman–Crippen MR) is 128 cm³/mol. The number of ether oxygens (including phenoxy) is 2.